The molecule has 0 amide bonds. The van der Waals surface area contributed by atoms with Crippen molar-refractivity contribution in [2.45, 2.75) is 0 Å². The third kappa shape index (κ3) is 0.792. The summed E-state index contributed by atoms with van der Waals surface area (Å²) in [7, 11) is 0. The third-order valence-electron chi connectivity index (χ3n) is 0.400. The smallest absolute Gasteiger partial charge is 0.0493 e. The van der Waals surface area contributed by atoms with E-state index in [1.165, 1.54) is 12.1 Å². The number of nitrogens with one attached hydrogen (secondary N) is 2. The Kier molecular flexibility index (Phi) is 1.14. The molecule has 0 aliphatic carbocycles. The lowest BCUT2D eigenvalue weighted by molar-refractivity contribution is 1.06. The van der Waals surface area contributed by atoms with Crippen LogP contribution in [0.25, 0.3) is 0 Å². The molecule has 1 rings (SSSR count). The van der Waals surface area contributed by atoms with Gasteiger partial charge in [-0.2, -0.15) is 0 Å². The van der Waals surface area contributed by atoms with E-state index in [1.54, 1.807) is 0 Å². The van der Waals surface area contributed by atoms with Gasteiger partial charge in [-0.05, 0) is 0 Å². The normalized spacial score (nSPS) is 24.0. The van der Waals surface area contributed by atoms with Crippen molar-refractivity contribution in [3.63, 3.8) is 0 Å². The minimum Gasteiger partial charge on any atom is -0.249 e. The van der Waals surface area contributed by atoms with E-state index in [-0.39, 0.29) is 0 Å². The Balaban J connectivity index is 2.08. The van der Waals surface area contributed by atoms with Gasteiger partial charge in [0.05, 0.1) is 0 Å². The van der Waals surface area contributed by atoms with Crippen LogP contribution in [0.4, 0.5) is 0 Å². The highest BCUT2D eigenvalue weighted by molar-refractivity contribution is 7.95. The zero-order valence-corrected chi connectivity index (χ0v) is 3.51. The molecule has 0 atom stereocenters. The Hall–Kier alpha value is 0.270. The Morgan fingerprint density at radius 1 is 1.80 bits per heavy atom. The summed E-state index contributed by atoms with van der Waals surface area (Å²) in [4.78, 5) is 0. The minimum absolute atomic E-state index is 0.977. The fraction of sp³-hybridized carbons (Fsp3) is 0.500. The molecular weight excluding hydrogens is 84.1 g/mol. The van der Waals surface area contributed by atoms with E-state index in [2.05, 4.69) is 9.44 Å². The monoisotopic (exact) mass is 89.0 g/mol. The molecule has 0 aromatic carbocycles. The molecule has 1 aliphatic heterocycles. The van der Waals surface area contributed by atoms with Crippen molar-refractivity contribution in [2.24, 2.45) is 0 Å². The second kappa shape index (κ2) is 1.64. The number of hydrogen-bond acceptors (Lipinski definition) is 3. The van der Waals surface area contributed by atoms with Crippen LogP contribution in [-0.2, 0) is 0 Å². The largest absolute Gasteiger partial charge is 0.249 e. The van der Waals surface area contributed by atoms with Crippen molar-refractivity contribution in [3.8, 4) is 0 Å². The molecule has 0 aromatic rings. The summed E-state index contributed by atoms with van der Waals surface area (Å²) < 4.78 is 5.88. The lowest BCUT2D eigenvalue weighted by atomic mass is 10.7. The van der Waals surface area contributed by atoms with Crippen molar-refractivity contribution in [1.29, 1.82) is 0 Å². The summed E-state index contributed by atoms with van der Waals surface area (Å²) in [5, 5.41) is 0. The number of rotatable bonds is 0. The van der Waals surface area contributed by atoms with Crippen molar-refractivity contribution in [2.75, 3.05) is 6.54 Å². The van der Waals surface area contributed by atoms with Gasteiger partial charge in [-0.25, -0.2) is 9.44 Å². The summed E-state index contributed by atoms with van der Waals surface area (Å²) in [6.07, 6.45) is 0. The molecule has 0 aromatic heterocycles. The SMILES string of the molecule is [CH]1CNSN1. The fourth-order valence-corrected chi connectivity index (χ4v) is 0.625. The van der Waals surface area contributed by atoms with Crippen molar-refractivity contribution >= 4 is 12.1 Å². The second-order valence-electron chi connectivity index (χ2n) is 0.772. The van der Waals surface area contributed by atoms with Crippen molar-refractivity contribution < 1.29 is 0 Å². The zero-order valence-electron chi connectivity index (χ0n) is 2.69. The van der Waals surface area contributed by atoms with Crippen LogP contribution in [0.3, 0.4) is 0 Å². The predicted octanol–water partition coefficient (Wildman–Crippen LogP) is -0.0958. The molecule has 2 nitrogen and oxygen atoms in total. The van der Waals surface area contributed by atoms with Crippen LogP contribution in [0.5, 0.6) is 0 Å². The van der Waals surface area contributed by atoms with Crippen LogP contribution in [-0.4, -0.2) is 6.54 Å². The Labute approximate surface area is 35.6 Å². The molecule has 29 valence electrons. The number of hydrogen-bond donors (Lipinski definition) is 2. The van der Waals surface area contributed by atoms with Gasteiger partial charge in [0, 0.05) is 25.2 Å². The van der Waals surface area contributed by atoms with Crippen LogP contribution in [0.15, 0.2) is 0 Å². The van der Waals surface area contributed by atoms with Crippen LogP contribution in [0.1, 0.15) is 0 Å². The Bertz CT molecular complexity index is 19.2. The lowest BCUT2D eigenvalue weighted by Crippen LogP contribution is -1.92. The van der Waals surface area contributed by atoms with Gasteiger partial charge in [0.2, 0.25) is 0 Å². The maximum Gasteiger partial charge on any atom is 0.0493 e. The van der Waals surface area contributed by atoms with E-state index in [4.69, 9.17) is 0 Å². The van der Waals surface area contributed by atoms with Crippen molar-refractivity contribution in [3.05, 3.63) is 6.54 Å². The summed E-state index contributed by atoms with van der Waals surface area (Å²) in [6, 6.07) is 0. The van der Waals surface area contributed by atoms with Crippen LogP contribution in [0, 0.1) is 6.54 Å². The molecule has 2 N–H and O–H groups in total. The predicted molar refractivity (Wildman–Crippen MR) is 23.0 cm³/mol. The Morgan fingerprint density at radius 2 is 2.80 bits per heavy atom. The van der Waals surface area contributed by atoms with Gasteiger partial charge in [-0.15, -0.1) is 0 Å². The average molecular weight is 89.1 g/mol. The molecule has 0 spiro atoms. The van der Waals surface area contributed by atoms with Gasteiger partial charge in [-0.3, -0.25) is 0 Å². The fourth-order valence-electron chi connectivity index (χ4n) is 0.208. The third-order valence-corrected chi connectivity index (χ3v) is 0.995. The molecule has 0 unspecified atom stereocenters. The molecule has 5 heavy (non-hydrogen) atoms. The highest BCUT2D eigenvalue weighted by Crippen LogP contribution is 1.91. The van der Waals surface area contributed by atoms with Gasteiger partial charge in [0.15, 0.2) is 0 Å². The first-order valence-corrected chi connectivity index (χ1v) is 2.28. The van der Waals surface area contributed by atoms with E-state index >= 15 is 0 Å². The van der Waals surface area contributed by atoms with E-state index in [0.29, 0.717) is 0 Å². The molecule has 1 saturated heterocycles. The highest BCUT2D eigenvalue weighted by Gasteiger charge is 1.93. The molecule has 0 saturated carbocycles. The van der Waals surface area contributed by atoms with Gasteiger partial charge < -0.3 is 0 Å². The van der Waals surface area contributed by atoms with E-state index in [1.807, 2.05) is 6.54 Å². The summed E-state index contributed by atoms with van der Waals surface area (Å²) in [5.74, 6) is 0. The maximum absolute atomic E-state index is 2.97. The van der Waals surface area contributed by atoms with Crippen LogP contribution in [0.2, 0.25) is 0 Å². The minimum atomic E-state index is 0.977. The molecule has 1 radical (unpaired) electrons. The molecule has 3 heteroatoms. The zero-order chi connectivity index (χ0) is 3.54. The molecule has 1 aliphatic rings. The highest BCUT2D eigenvalue weighted by atomic mass is 32.2. The standard InChI is InChI=1S/C2H5N2S/c1-2-4-5-3-1/h1,3-4H,2H2. The van der Waals surface area contributed by atoms with Gasteiger partial charge in [0.25, 0.3) is 0 Å². The summed E-state index contributed by atoms with van der Waals surface area (Å²) >= 11 is 1.52. The lowest BCUT2D eigenvalue weighted by Gasteiger charge is -1.75. The van der Waals surface area contributed by atoms with E-state index in [0.717, 1.165) is 6.54 Å². The van der Waals surface area contributed by atoms with E-state index < -0.39 is 0 Å². The van der Waals surface area contributed by atoms with Crippen molar-refractivity contribution in [1.82, 2.24) is 9.44 Å². The topological polar surface area (TPSA) is 24.1 Å². The van der Waals surface area contributed by atoms with Gasteiger partial charge in [0.1, 0.15) is 0 Å². The molecular formula is C2H5N2S. The first-order valence-electron chi connectivity index (χ1n) is 1.46. The first kappa shape index (κ1) is 3.46. The first-order chi connectivity index (χ1) is 2.50. The summed E-state index contributed by atoms with van der Waals surface area (Å²) in [5.41, 5.74) is 0. The summed E-state index contributed by atoms with van der Waals surface area (Å²) in [6.45, 7) is 2.94. The quantitative estimate of drug-likeness (QED) is 0.405. The molecule has 0 bridgehead atoms. The Morgan fingerprint density at radius 3 is 3.00 bits per heavy atom. The second-order valence-corrected chi connectivity index (χ2v) is 1.50. The maximum atomic E-state index is 2.97. The van der Waals surface area contributed by atoms with Crippen LogP contribution < -0.4 is 9.44 Å². The molecule has 1 heterocycles. The van der Waals surface area contributed by atoms with E-state index in [9.17, 15) is 0 Å². The van der Waals surface area contributed by atoms with Gasteiger partial charge in [-0.1, -0.05) is 0 Å². The van der Waals surface area contributed by atoms with Crippen LogP contribution >= 0.6 is 12.1 Å². The average Bonchev–Trinajstić information content (AvgIpc) is 1.76. The molecule has 1 fully saturated rings. The van der Waals surface area contributed by atoms with Gasteiger partial charge >= 0.3 is 0 Å².